The van der Waals surface area contributed by atoms with Gasteiger partial charge in [-0.15, -0.1) is 6.58 Å². The summed E-state index contributed by atoms with van der Waals surface area (Å²) >= 11 is 0. The minimum absolute atomic E-state index is 0.132. The average Bonchev–Trinajstić information content (AvgIpc) is 2.43. The first-order valence-corrected chi connectivity index (χ1v) is 6.22. The molecular weight excluding hydrogens is 260 g/mol. The summed E-state index contributed by atoms with van der Waals surface area (Å²) in [5, 5.41) is 0. The van der Waals surface area contributed by atoms with Crippen LogP contribution in [-0.2, 0) is 23.8 Å². The van der Waals surface area contributed by atoms with E-state index in [1.54, 1.807) is 19.9 Å². The van der Waals surface area contributed by atoms with Crippen molar-refractivity contribution in [3.8, 4) is 0 Å². The van der Waals surface area contributed by atoms with Gasteiger partial charge < -0.3 is 14.2 Å². The predicted octanol–water partition coefficient (Wildman–Crippen LogP) is 2.43. The van der Waals surface area contributed by atoms with E-state index in [0.717, 1.165) is 12.2 Å². The van der Waals surface area contributed by atoms with Gasteiger partial charge in [-0.1, -0.05) is 19.2 Å². The fourth-order valence-corrected chi connectivity index (χ4v) is 0.887. The molecule has 20 heavy (non-hydrogen) atoms. The van der Waals surface area contributed by atoms with E-state index >= 15 is 0 Å². The first-order chi connectivity index (χ1) is 9.40. The number of rotatable bonds is 8. The molecule has 0 aliphatic heterocycles. The van der Waals surface area contributed by atoms with Gasteiger partial charge in [0.15, 0.2) is 0 Å². The lowest BCUT2D eigenvalue weighted by molar-refractivity contribution is -0.148. The molecule has 0 aromatic rings. The van der Waals surface area contributed by atoms with Crippen molar-refractivity contribution >= 4 is 11.9 Å². The van der Waals surface area contributed by atoms with Crippen molar-refractivity contribution in [3.05, 3.63) is 38.0 Å². The van der Waals surface area contributed by atoms with Gasteiger partial charge in [-0.3, -0.25) is 0 Å². The highest BCUT2D eigenvalue weighted by Crippen LogP contribution is 1.99. The molecule has 2 unspecified atom stereocenters. The Hall–Kier alpha value is -1.88. The Morgan fingerprint density at radius 1 is 1.00 bits per heavy atom. The van der Waals surface area contributed by atoms with Crippen LogP contribution in [0.2, 0.25) is 0 Å². The van der Waals surface area contributed by atoms with Crippen LogP contribution >= 0.6 is 0 Å². The highest BCUT2D eigenvalue weighted by atomic mass is 16.6. The molecule has 114 valence electrons. The van der Waals surface area contributed by atoms with Gasteiger partial charge in [0.05, 0.1) is 12.7 Å². The first kappa shape index (κ1) is 20.4. The number of allylic oxidation sites excluding steroid dienone is 1. The molecule has 0 spiro atoms. The summed E-state index contributed by atoms with van der Waals surface area (Å²) in [7, 11) is 0. The van der Waals surface area contributed by atoms with Gasteiger partial charge in [-0.25, -0.2) is 9.59 Å². The predicted molar refractivity (Wildman–Crippen MR) is 78.2 cm³/mol. The summed E-state index contributed by atoms with van der Waals surface area (Å²) in [5.74, 6) is -0.988. The maximum Gasteiger partial charge on any atom is 0.330 e. The molecule has 0 aromatic carbocycles. The van der Waals surface area contributed by atoms with E-state index in [2.05, 4.69) is 19.7 Å². The topological polar surface area (TPSA) is 61.8 Å². The minimum atomic E-state index is -0.494. The lowest BCUT2D eigenvalue weighted by Gasteiger charge is -2.16. The molecule has 0 aliphatic rings. The molecule has 0 amide bonds. The van der Waals surface area contributed by atoms with Gasteiger partial charge in [0.1, 0.15) is 12.7 Å². The fourth-order valence-electron chi connectivity index (χ4n) is 0.887. The molecule has 0 saturated carbocycles. The fraction of sp³-hybridized carbons (Fsp3) is 0.467. The van der Waals surface area contributed by atoms with Gasteiger partial charge >= 0.3 is 11.9 Å². The molecule has 0 fully saturated rings. The molecule has 0 N–H and O–H groups in total. The summed E-state index contributed by atoms with van der Waals surface area (Å²) in [4.78, 5) is 21.6. The zero-order valence-corrected chi connectivity index (χ0v) is 12.5. The normalized spacial score (nSPS) is 11.9. The standard InChI is InChI=1S/C12H18O5.C3H6/c1-5-11(13)16-7-9(3)15-8-10(4)17-12(14)6-2;1-3-2/h5-6,9-10H,1-2,7-8H2,3-4H3;3H,1H2,2H3. The van der Waals surface area contributed by atoms with Crippen LogP contribution in [-0.4, -0.2) is 37.4 Å². The molecule has 5 nitrogen and oxygen atoms in total. The van der Waals surface area contributed by atoms with Crippen molar-refractivity contribution in [2.45, 2.75) is 33.0 Å². The summed E-state index contributed by atoms with van der Waals surface area (Å²) in [5.41, 5.74) is 0. The molecular formula is C15H24O5. The Balaban J connectivity index is 0. The van der Waals surface area contributed by atoms with E-state index in [1.165, 1.54) is 0 Å². The minimum Gasteiger partial charge on any atom is -0.460 e. The van der Waals surface area contributed by atoms with Crippen LogP contribution in [0.25, 0.3) is 0 Å². The quantitative estimate of drug-likeness (QED) is 0.389. The molecule has 0 heterocycles. The number of hydrogen-bond acceptors (Lipinski definition) is 5. The van der Waals surface area contributed by atoms with Crippen LogP contribution in [0.1, 0.15) is 20.8 Å². The molecule has 0 saturated heterocycles. The lowest BCUT2D eigenvalue weighted by atomic mass is 10.4. The third-order valence-corrected chi connectivity index (χ3v) is 1.73. The summed E-state index contributed by atoms with van der Waals surface area (Å²) in [6.07, 6.45) is 3.27. The number of esters is 2. The molecule has 0 bridgehead atoms. The molecule has 0 aromatic heterocycles. The molecule has 0 rings (SSSR count). The smallest absolute Gasteiger partial charge is 0.330 e. The Kier molecular flexibility index (Phi) is 13.8. The number of hydrogen-bond donors (Lipinski definition) is 0. The summed E-state index contributed by atoms with van der Waals surface area (Å²) in [6.45, 7) is 15.6. The molecule has 2 atom stereocenters. The van der Waals surface area contributed by atoms with E-state index in [9.17, 15) is 9.59 Å². The highest BCUT2D eigenvalue weighted by Gasteiger charge is 2.10. The van der Waals surface area contributed by atoms with E-state index in [1.807, 2.05) is 6.92 Å². The summed E-state index contributed by atoms with van der Waals surface area (Å²) < 4.78 is 15.0. The van der Waals surface area contributed by atoms with Crippen LogP contribution in [0.15, 0.2) is 38.0 Å². The average molecular weight is 284 g/mol. The Morgan fingerprint density at radius 3 is 1.95 bits per heavy atom. The van der Waals surface area contributed by atoms with Crippen LogP contribution in [0, 0.1) is 0 Å². The van der Waals surface area contributed by atoms with Crippen LogP contribution in [0.4, 0.5) is 0 Å². The van der Waals surface area contributed by atoms with Gasteiger partial charge in [-0.05, 0) is 20.8 Å². The van der Waals surface area contributed by atoms with Gasteiger partial charge in [-0.2, -0.15) is 0 Å². The zero-order chi connectivity index (χ0) is 16.0. The van der Waals surface area contributed by atoms with E-state index in [4.69, 9.17) is 14.2 Å². The Morgan fingerprint density at radius 2 is 1.50 bits per heavy atom. The molecule has 0 radical (unpaired) electrons. The van der Waals surface area contributed by atoms with Crippen molar-refractivity contribution in [2.24, 2.45) is 0 Å². The van der Waals surface area contributed by atoms with E-state index < -0.39 is 11.9 Å². The Bertz CT molecular complexity index is 322. The van der Waals surface area contributed by atoms with Crippen molar-refractivity contribution in [1.82, 2.24) is 0 Å². The Labute approximate surface area is 120 Å². The molecule has 5 heteroatoms. The second-order valence-electron chi connectivity index (χ2n) is 3.84. The lowest BCUT2D eigenvalue weighted by Crippen LogP contribution is -2.25. The monoisotopic (exact) mass is 284 g/mol. The maximum atomic E-state index is 10.8. The van der Waals surface area contributed by atoms with Crippen LogP contribution in [0.3, 0.4) is 0 Å². The van der Waals surface area contributed by atoms with Crippen LogP contribution in [0.5, 0.6) is 0 Å². The van der Waals surface area contributed by atoms with Gasteiger partial charge in [0.2, 0.25) is 0 Å². The maximum absolute atomic E-state index is 10.8. The highest BCUT2D eigenvalue weighted by molar-refractivity contribution is 5.81. The number of carbonyl (C=O) groups excluding carboxylic acids is 2. The largest absolute Gasteiger partial charge is 0.460 e. The van der Waals surface area contributed by atoms with E-state index in [-0.39, 0.29) is 25.4 Å². The van der Waals surface area contributed by atoms with Gasteiger partial charge in [0.25, 0.3) is 0 Å². The SMILES string of the molecule is C=CC.C=CC(=O)OCC(C)OCC(C)OC(=O)C=C. The summed E-state index contributed by atoms with van der Waals surface area (Å²) in [6, 6.07) is 0. The second-order valence-corrected chi connectivity index (χ2v) is 3.84. The van der Waals surface area contributed by atoms with Gasteiger partial charge in [0, 0.05) is 12.2 Å². The first-order valence-electron chi connectivity index (χ1n) is 6.22. The van der Waals surface area contributed by atoms with Crippen molar-refractivity contribution < 1.29 is 23.8 Å². The molecule has 0 aliphatic carbocycles. The third-order valence-electron chi connectivity index (χ3n) is 1.73. The van der Waals surface area contributed by atoms with Crippen molar-refractivity contribution in [2.75, 3.05) is 13.2 Å². The number of ether oxygens (including phenoxy) is 3. The van der Waals surface area contributed by atoms with Crippen LogP contribution < -0.4 is 0 Å². The third kappa shape index (κ3) is 14.2. The zero-order valence-electron chi connectivity index (χ0n) is 12.5. The van der Waals surface area contributed by atoms with Crippen molar-refractivity contribution in [1.29, 1.82) is 0 Å². The van der Waals surface area contributed by atoms with E-state index in [0.29, 0.717) is 0 Å². The second kappa shape index (κ2) is 13.5. The number of carbonyl (C=O) groups is 2. The van der Waals surface area contributed by atoms with Crippen molar-refractivity contribution in [3.63, 3.8) is 0 Å².